The number of ether oxygens (including phenoxy) is 1. The van der Waals surface area contributed by atoms with Crippen molar-refractivity contribution in [2.75, 3.05) is 0 Å². The number of aryl methyl sites for hydroxylation is 1. The minimum Gasteiger partial charge on any atom is -0.385 e. The molecule has 0 bridgehead atoms. The molecule has 7 heteroatoms. The van der Waals surface area contributed by atoms with E-state index in [4.69, 9.17) is 0 Å². The number of rotatable bonds is 1. The van der Waals surface area contributed by atoms with Crippen LogP contribution in [0.25, 0.3) is 0 Å². The highest BCUT2D eigenvalue weighted by Crippen LogP contribution is 2.18. The summed E-state index contributed by atoms with van der Waals surface area (Å²) in [7, 11) is 1.41. The van der Waals surface area contributed by atoms with Crippen molar-refractivity contribution in [3.8, 4) is 6.01 Å². The smallest absolute Gasteiger partial charge is 0.385 e. The van der Waals surface area contributed by atoms with E-state index in [-0.39, 0.29) is 6.01 Å². The fraction of sp³-hybridized carbons (Fsp3) is 0.333. The van der Waals surface area contributed by atoms with E-state index in [0.29, 0.717) is 0 Å². The van der Waals surface area contributed by atoms with Gasteiger partial charge in [-0.05, 0) is 0 Å². The summed E-state index contributed by atoms with van der Waals surface area (Å²) < 4.78 is 40.1. The molecule has 0 atom stereocenters. The quantitative estimate of drug-likeness (QED) is 0.623. The number of hydrogen-bond acceptors (Lipinski definition) is 3. The molecule has 1 aromatic rings. The molecule has 0 saturated heterocycles. The van der Waals surface area contributed by atoms with E-state index in [1.54, 1.807) is 0 Å². The minimum absolute atomic E-state index is 0.387. The number of carbonyl (C=O) groups is 1. The molecule has 1 rings (SSSR count). The maximum absolute atomic E-state index is 11.7. The number of nitrogens with zero attached hydrogens (tertiary/aromatic N) is 2. The first-order chi connectivity index (χ1) is 5.91. The monoisotopic (exact) mass is 194 g/mol. The highest BCUT2D eigenvalue weighted by atomic mass is 19.4. The average Bonchev–Trinajstić information content (AvgIpc) is 2.34. The van der Waals surface area contributed by atoms with Gasteiger partial charge < -0.3 is 9.30 Å². The molecule has 0 spiro atoms. The second-order valence-electron chi connectivity index (χ2n) is 2.21. The zero-order valence-corrected chi connectivity index (χ0v) is 6.50. The summed E-state index contributed by atoms with van der Waals surface area (Å²) in [5.74, 6) is -2.28. The van der Waals surface area contributed by atoms with Crippen LogP contribution >= 0.6 is 0 Å². The summed E-state index contributed by atoms with van der Waals surface area (Å²) in [6.45, 7) is 0. The van der Waals surface area contributed by atoms with Gasteiger partial charge in [0.05, 0.1) is 0 Å². The van der Waals surface area contributed by atoms with Crippen LogP contribution in [0.15, 0.2) is 12.4 Å². The second-order valence-corrected chi connectivity index (χ2v) is 2.21. The predicted octanol–water partition coefficient (Wildman–Crippen LogP) is 0.888. The molecule has 72 valence electrons. The van der Waals surface area contributed by atoms with Crippen LogP contribution in [-0.4, -0.2) is 21.7 Å². The fourth-order valence-electron chi connectivity index (χ4n) is 0.591. The lowest BCUT2D eigenvalue weighted by molar-refractivity contribution is -0.190. The molecule has 0 amide bonds. The van der Waals surface area contributed by atoms with Gasteiger partial charge in [-0.25, -0.2) is 9.78 Å². The Morgan fingerprint density at radius 3 is 2.62 bits per heavy atom. The van der Waals surface area contributed by atoms with Crippen molar-refractivity contribution in [2.24, 2.45) is 7.05 Å². The number of imidazole rings is 1. The topological polar surface area (TPSA) is 44.1 Å². The van der Waals surface area contributed by atoms with Crippen molar-refractivity contribution >= 4 is 5.97 Å². The first-order valence-electron chi connectivity index (χ1n) is 3.17. The molecule has 0 aliphatic heterocycles. The Kier molecular flexibility index (Phi) is 2.26. The lowest BCUT2D eigenvalue weighted by Crippen LogP contribution is -2.28. The molecule has 0 aliphatic rings. The van der Waals surface area contributed by atoms with Crippen LogP contribution in [0.4, 0.5) is 13.2 Å². The zero-order chi connectivity index (χ0) is 10.1. The van der Waals surface area contributed by atoms with E-state index < -0.39 is 12.1 Å². The molecule has 0 aliphatic carbocycles. The number of halogens is 3. The SMILES string of the molecule is Cn1ccnc1OC(=O)C(F)(F)F. The molecule has 1 heterocycles. The molecule has 1 aromatic heterocycles. The van der Waals surface area contributed by atoms with Gasteiger partial charge in [-0.15, -0.1) is 0 Å². The van der Waals surface area contributed by atoms with Crippen LogP contribution in [0.3, 0.4) is 0 Å². The van der Waals surface area contributed by atoms with Crippen molar-refractivity contribution < 1.29 is 22.7 Å². The van der Waals surface area contributed by atoms with Crippen LogP contribution < -0.4 is 4.74 Å². The predicted molar refractivity (Wildman–Crippen MR) is 34.9 cm³/mol. The molecular formula is C6H5F3N2O2. The number of esters is 1. The third-order valence-electron chi connectivity index (χ3n) is 1.19. The lowest BCUT2D eigenvalue weighted by Gasteiger charge is -2.05. The summed E-state index contributed by atoms with van der Waals surface area (Å²) >= 11 is 0. The molecule has 0 N–H and O–H groups in total. The molecule has 4 nitrogen and oxygen atoms in total. The van der Waals surface area contributed by atoms with E-state index in [2.05, 4.69) is 9.72 Å². The Morgan fingerprint density at radius 1 is 1.62 bits per heavy atom. The first-order valence-corrected chi connectivity index (χ1v) is 3.17. The number of alkyl halides is 3. The molecule has 0 unspecified atom stereocenters. The molecular weight excluding hydrogens is 189 g/mol. The van der Waals surface area contributed by atoms with Gasteiger partial charge in [0.25, 0.3) is 0 Å². The second kappa shape index (κ2) is 3.08. The normalized spacial score (nSPS) is 11.4. The van der Waals surface area contributed by atoms with Crippen LogP contribution in [0.2, 0.25) is 0 Å². The van der Waals surface area contributed by atoms with Crippen molar-refractivity contribution in [1.82, 2.24) is 9.55 Å². The highest BCUT2D eigenvalue weighted by Gasteiger charge is 2.42. The Labute approximate surface area is 70.9 Å². The zero-order valence-electron chi connectivity index (χ0n) is 6.50. The summed E-state index contributed by atoms with van der Waals surface area (Å²) in [5, 5.41) is 0. The Balaban J connectivity index is 2.71. The average molecular weight is 194 g/mol. The maximum atomic E-state index is 11.7. The lowest BCUT2D eigenvalue weighted by atomic mass is 10.7. The van der Waals surface area contributed by atoms with Gasteiger partial charge in [0, 0.05) is 19.4 Å². The van der Waals surface area contributed by atoms with Crippen molar-refractivity contribution in [1.29, 1.82) is 0 Å². The first kappa shape index (κ1) is 9.56. The van der Waals surface area contributed by atoms with Gasteiger partial charge in [-0.1, -0.05) is 0 Å². The van der Waals surface area contributed by atoms with Gasteiger partial charge in [0.2, 0.25) is 0 Å². The Hall–Kier alpha value is -1.53. The van der Waals surface area contributed by atoms with E-state index in [1.807, 2.05) is 0 Å². The van der Waals surface area contributed by atoms with E-state index >= 15 is 0 Å². The van der Waals surface area contributed by atoms with E-state index in [1.165, 1.54) is 19.4 Å². The standard InChI is InChI=1S/C6H5F3N2O2/c1-11-3-2-10-5(11)13-4(12)6(7,8)9/h2-3H,1H3. The molecule has 0 fully saturated rings. The summed E-state index contributed by atoms with van der Waals surface area (Å²) in [6.07, 6.45) is -2.41. The third-order valence-corrected chi connectivity index (χ3v) is 1.19. The van der Waals surface area contributed by atoms with Gasteiger partial charge in [0.15, 0.2) is 0 Å². The van der Waals surface area contributed by atoms with Gasteiger partial charge in [0.1, 0.15) is 0 Å². The number of aromatic nitrogens is 2. The Bertz CT molecular complexity index is 318. The van der Waals surface area contributed by atoms with Gasteiger partial charge in [-0.3, -0.25) is 0 Å². The molecule has 0 saturated carbocycles. The van der Waals surface area contributed by atoms with Crippen LogP contribution in [0, 0.1) is 0 Å². The van der Waals surface area contributed by atoms with Crippen LogP contribution in [0.1, 0.15) is 0 Å². The Morgan fingerprint density at radius 2 is 2.23 bits per heavy atom. The van der Waals surface area contributed by atoms with Crippen LogP contribution in [0.5, 0.6) is 6.01 Å². The minimum atomic E-state index is -4.99. The van der Waals surface area contributed by atoms with Crippen LogP contribution in [-0.2, 0) is 11.8 Å². The summed E-state index contributed by atoms with van der Waals surface area (Å²) in [6, 6.07) is -0.387. The fourth-order valence-corrected chi connectivity index (χ4v) is 0.591. The van der Waals surface area contributed by atoms with Gasteiger partial charge in [-0.2, -0.15) is 13.2 Å². The summed E-state index contributed by atoms with van der Waals surface area (Å²) in [4.78, 5) is 13.7. The highest BCUT2D eigenvalue weighted by molar-refractivity contribution is 5.77. The molecule has 13 heavy (non-hydrogen) atoms. The van der Waals surface area contributed by atoms with Crippen molar-refractivity contribution in [3.63, 3.8) is 0 Å². The summed E-state index contributed by atoms with van der Waals surface area (Å²) in [5.41, 5.74) is 0. The van der Waals surface area contributed by atoms with E-state index in [0.717, 1.165) is 4.57 Å². The number of hydrogen-bond donors (Lipinski definition) is 0. The third kappa shape index (κ3) is 2.20. The molecule has 0 radical (unpaired) electrons. The van der Waals surface area contributed by atoms with Crippen molar-refractivity contribution in [3.05, 3.63) is 12.4 Å². The largest absolute Gasteiger partial charge is 0.491 e. The van der Waals surface area contributed by atoms with Crippen molar-refractivity contribution in [2.45, 2.75) is 6.18 Å². The van der Waals surface area contributed by atoms with E-state index in [9.17, 15) is 18.0 Å². The number of carbonyl (C=O) groups excluding carboxylic acids is 1. The molecule has 0 aromatic carbocycles. The van der Waals surface area contributed by atoms with Gasteiger partial charge >= 0.3 is 18.2 Å². The maximum Gasteiger partial charge on any atom is 0.491 e.